The molecule has 0 amide bonds. The Balaban J connectivity index is 2.06. The third kappa shape index (κ3) is 1.41. The van der Waals surface area contributed by atoms with E-state index in [-0.39, 0.29) is 17.7 Å². The summed E-state index contributed by atoms with van der Waals surface area (Å²) in [5, 5.41) is 9.35. The molecule has 0 aromatic carbocycles. The highest BCUT2D eigenvalue weighted by Crippen LogP contribution is 2.53. The van der Waals surface area contributed by atoms with Crippen molar-refractivity contribution < 1.29 is 4.79 Å². The zero-order chi connectivity index (χ0) is 13.7. The first-order valence-corrected chi connectivity index (χ1v) is 6.87. The molecule has 1 saturated heterocycles. The minimum Gasteiger partial charge on any atom is -0.355 e. The SMILES string of the molecule is C=CCC[C@]12C(=O)C=CN1[C@@H]1C=C[C@H]2C[C@]1(Cl)C#N. The van der Waals surface area contributed by atoms with Gasteiger partial charge in [-0.2, -0.15) is 5.26 Å². The molecule has 1 fully saturated rings. The Morgan fingerprint density at radius 1 is 1.63 bits per heavy atom. The second kappa shape index (κ2) is 3.98. The van der Waals surface area contributed by atoms with Crippen molar-refractivity contribution >= 4 is 17.4 Å². The van der Waals surface area contributed by atoms with Crippen molar-refractivity contribution in [2.24, 2.45) is 5.92 Å². The summed E-state index contributed by atoms with van der Waals surface area (Å²) in [4.78, 5) is 13.5. The van der Waals surface area contributed by atoms with Crippen molar-refractivity contribution in [2.45, 2.75) is 35.7 Å². The van der Waals surface area contributed by atoms with E-state index in [0.717, 1.165) is 12.8 Å². The number of piperidine rings is 1. The Morgan fingerprint density at radius 3 is 3.11 bits per heavy atom. The first-order valence-electron chi connectivity index (χ1n) is 6.49. The fourth-order valence-corrected chi connectivity index (χ4v) is 4.03. The smallest absolute Gasteiger partial charge is 0.183 e. The van der Waals surface area contributed by atoms with Crippen LogP contribution in [-0.4, -0.2) is 27.1 Å². The third-order valence-electron chi connectivity index (χ3n) is 4.61. The molecule has 4 atom stereocenters. The largest absolute Gasteiger partial charge is 0.355 e. The Morgan fingerprint density at radius 2 is 2.42 bits per heavy atom. The van der Waals surface area contributed by atoms with Crippen molar-refractivity contribution in [3.8, 4) is 6.07 Å². The summed E-state index contributed by atoms with van der Waals surface area (Å²) in [6.07, 6.45) is 11.3. The van der Waals surface area contributed by atoms with Crippen LogP contribution in [0.5, 0.6) is 0 Å². The lowest BCUT2D eigenvalue weighted by Gasteiger charge is -2.57. The molecule has 0 aromatic heterocycles. The van der Waals surface area contributed by atoms with Gasteiger partial charge in [0.1, 0.15) is 5.54 Å². The van der Waals surface area contributed by atoms with Crippen LogP contribution in [0.2, 0.25) is 0 Å². The first kappa shape index (κ1) is 12.5. The van der Waals surface area contributed by atoms with E-state index in [2.05, 4.69) is 18.7 Å². The van der Waals surface area contributed by atoms with Gasteiger partial charge < -0.3 is 4.90 Å². The summed E-state index contributed by atoms with van der Waals surface area (Å²) in [7, 11) is 0. The number of halogens is 1. The highest BCUT2D eigenvalue weighted by atomic mass is 35.5. The zero-order valence-electron chi connectivity index (χ0n) is 10.6. The van der Waals surface area contributed by atoms with Crippen molar-refractivity contribution in [1.82, 2.24) is 4.90 Å². The maximum atomic E-state index is 12.4. The molecule has 1 aliphatic carbocycles. The standard InChI is InChI=1S/C15H15ClN2O/c1-2-3-7-15-11-4-5-12(14(16,9-11)10-17)18(15)8-6-13(15)19/h2,4-6,8,11-12H,1,3,7,9H2/t11-,12+,14-,15-/m0/s1. The first-order chi connectivity index (χ1) is 9.08. The zero-order valence-corrected chi connectivity index (χ0v) is 11.3. The molecule has 98 valence electrons. The van der Waals surface area contributed by atoms with E-state index in [4.69, 9.17) is 11.6 Å². The second-order valence-electron chi connectivity index (χ2n) is 5.45. The van der Waals surface area contributed by atoms with Crippen molar-refractivity contribution in [2.75, 3.05) is 0 Å². The summed E-state index contributed by atoms with van der Waals surface area (Å²) in [5.41, 5.74) is -0.539. The van der Waals surface area contributed by atoms with Crippen molar-refractivity contribution in [3.63, 3.8) is 0 Å². The number of nitriles is 1. The molecular weight excluding hydrogens is 260 g/mol. The molecule has 3 nitrogen and oxygen atoms in total. The molecule has 4 aliphatic rings. The number of rotatable bonds is 3. The molecule has 2 bridgehead atoms. The fourth-order valence-electron chi connectivity index (χ4n) is 3.68. The molecule has 3 aliphatic heterocycles. The van der Waals surface area contributed by atoms with Gasteiger partial charge in [0, 0.05) is 12.1 Å². The minimum absolute atomic E-state index is 0.00269. The molecule has 0 radical (unpaired) electrons. The van der Waals surface area contributed by atoms with E-state index >= 15 is 0 Å². The molecule has 4 rings (SSSR count). The van der Waals surface area contributed by atoms with E-state index in [9.17, 15) is 10.1 Å². The lowest BCUT2D eigenvalue weighted by molar-refractivity contribution is -0.130. The lowest BCUT2D eigenvalue weighted by Crippen LogP contribution is -2.68. The summed E-state index contributed by atoms with van der Waals surface area (Å²) >= 11 is 6.45. The fraction of sp³-hybridized carbons (Fsp3) is 0.467. The second-order valence-corrected chi connectivity index (χ2v) is 6.13. The highest BCUT2D eigenvalue weighted by Gasteiger charge is 2.62. The van der Waals surface area contributed by atoms with E-state index in [1.54, 1.807) is 12.3 Å². The summed E-state index contributed by atoms with van der Waals surface area (Å²) in [6, 6.07) is 1.99. The van der Waals surface area contributed by atoms with Gasteiger partial charge in [0.15, 0.2) is 10.7 Å². The highest BCUT2D eigenvalue weighted by molar-refractivity contribution is 6.27. The molecule has 0 N–H and O–H groups in total. The van der Waals surface area contributed by atoms with Gasteiger partial charge in [-0.05, 0) is 25.3 Å². The molecule has 0 saturated carbocycles. The van der Waals surface area contributed by atoms with Crippen molar-refractivity contribution in [1.29, 1.82) is 5.26 Å². The molecule has 4 heteroatoms. The van der Waals surface area contributed by atoms with Crippen LogP contribution >= 0.6 is 11.6 Å². The van der Waals surface area contributed by atoms with Crippen LogP contribution in [0.4, 0.5) is 0 Å². The van der Waals surface area contributed by atoms with Gasteiger partial charge in [0.05, 0.1) is 12.1 Å². The van der Waals surface area contributed by atoms with Crippen LogP contribution in [0.3, 0.4) is 0 Å². The van der Waals surface area contributed by atoms with Crippen LogP contribution in [0, 0.1) is 17.2 Å². The Bertz CT molecular complexity index is 547. The van der Waals surface area contributed by atoms with Gasteiger partial charge in [-0.1, -0.05) is 18.2 Å². The molecule has 3 heterocycles. The summed E-state index contributed by atoms with van der Waals surface area (Å²) < 4.78 is 0. The summed E-state index contributed by atoms with van der Waals surface area (Å²) in [6.45, 7) is 3.74. The molecule has 0 spiro atoms. The quantitative estimate of drug-likeness (QED) is 0.587. The monoisotopic (exact) mass is 274 g/mol. The summed E-state index contributed by atoms with van der Waals surface area (Å²) in [5.74, 6) is 0.127. The normalized spacial score (nSPS) is 42.3. The number of hydrogen-bond acceptors (Lipinski definition) is 3. The number of nitrogens with zero attached hydrogens (tertiary/aromatic N) is 2. The number of fused-ring (bicyclic) bond motifs is 1. The minimum atomic E-state index is -0.925. The van der Waals surface area contributed by atoms with Gasteiger partial charge in [0.2, 0.25) is 0 Å². The number of alkyl halides is 1. The van der Waals surface area contributed by atoms with Gasteiger partial charge in [-0.15, -0.1) is 18.2 Å². The van der Waals surface area contributed by atoms with Crippen LogP contribution in [-0.2, 0) is 4.79 Å². The van der Waals surface area contributed by atoms with E-state index in [0.29, 0.717) is 6.42 Å². The van der Waals surface area contributed by atoms with Crippen LogP contribution in [0.15, 0.2) is 37.1 Å². The third-order valence-corrected chi connectivity index (χ3v) is 5.08. The van der Waals surface area contributed by atoms with Crippen LogP contribution in [0.1, 0.15) is 19.3 Å². The maximum Gasteiger partial charge on any atom is 0.183 e. The number of allylic oxidation sites excluding steroid dienone is 1. The lowest BCUT2D eigenvalue weighted by atomic mass is 9.64. The van der Waals surface area contributed by atoms with Crippen LogP contribution in [0.25, 0.3) is 0 Å². The average molecular weight is 275 g/mol. The Labute approximate surface area is 117 Å². The van der Waals surface area contributed by atoms with E-state index in [1.165, 1.54) is 0 Å². The average Bonchev–Trinajstić information content (AvgIpc) is 2.77. The molecule has 19 heavy (non-hydrogen) atoms. The topological polar surface area (TPSA) is 44.1 Å². The maximum absolute atomic E-state index is 12.4. The predicted molar refractivity (Wildman–Crippen MR) is 73.4 cm³/mol. The molecule has 0 aromatic rings. The van der Waals surface area contributed by atoms with Gasteiger partial charge in [-0.25, -0.2) is 0 Å². The number of ketones is 1. The molecular formula is C15H15ClN2O. The van der Waals surface area contributed by atoms with E-state index in [1.807, 2.05) is 17.1 Å². The Hall–Kier alpha value is -1.53. The van der Waals surface area contributed by atoms with Gasteiger partial charge in [-0.3, -0.25) is 4.79 Å². The van der Waals surface area contributed by atoms with Gasteiger partial charge in [0.25, 0.3) is 0 Å². The van der Waals surface area contributed by atoms with Gasteiger partial charge >= 0.3 is 0 Å². The van der Waals surface area contributed by atoms with E-state index < -0.39 is 10.4 Å². The Kier molecular flexibility index (Phi) is 2.62. The van der Waals surface area contributed by atoms with Crippen molar-refractivity contribution in [3.05, 3.63) is 37.1 Å². The predicted octanol–water partition coefficient (Wildman–Crippen LogP) is 2.55. The van der Waals surface area contributed by atoms with Crippen LogP contribution < -0.4 is 0 Å². The number of carbonyl (C=O) groups is 1. The molecule has 0 unspecified atom stereocenters. The number of hydrogen-bond donors (Lipinski definition) is 0. The number of carbonyl (C=O) groups excluding carboxylic acids is 1.